The van der Waals surface area contributed by atoms with E-state index in [2.05, 4.69) is 52.2 Å². The molecule has 104 valence electrons. The van der Waals surface area contributed by atoms with Gasteiger partial charge in [-0.2, -0.15) is 5.10 Å². The van der Waals surface area contributed by atoms with Gasteiger partial charge < -0.3 is 0 Å². The van der Waals surface area contributed by atoms with E-state index in [9.17, 15) is 0 Å². The summed E-state index contributed by atoms with van der Waals surface area (Å²) in [5.74, 6) is 0.605. The second kappa shape index (κ2) is 5.40. The lowest BCUT2D eigenvalue weighted by atomic mass is 10.0. The molecule has 0 fully saturated rings. The van der Waals surface area contributed by atoms with Crippen molar-refractivity contribution in [1.82, 2.24) is 20.2 Å². The van der Waals surface area contributed by atoms with E-state index in [0.29, 0.717) is 11.5 Å². The van der Waals surface area contributed by atoms with Crippen molar-refractivity contribution in [2.45, 2.75) is 20.8 Å². The molecule has 2 heterocycles. The molecule has 0 saturated carbocycles. The highest BCUT2D eigenvalue weighted by Gasteiger charge is 2.09. The Hall–Kier alpha value is -2.62. The molecule has 2 aromatic heterocycles. The van der Waals surface area contributed by atoms with Crippen LogP contribution in [-0.2, 0) is 0 Å². The van der Waals surface area contributed by atoms with E-state index in [4.69, 9.17) is 0 Å². The standard InChI is InChI=1S/C17H16N4/c1-11-6-7-14(9-12(11)2)15-10-18-17(20-13(15)3)16-5-4-8-19-21-16/h4-10H,1-3H3. The predicted octanol–water partition coefficient (Wildman–Crippen LogP) is 3.53. The summed E-state index contributed by atoms with van der Waals surface area (Å²) in [7, 11) is 0. The smallest absolute Gasteiger partial charge is 0.180 e. The summed E-state index contributed by atoms with van der Waals surface area (Å²) in [6.07, 6.45) is 3.50. The van der Waals surface area contributed by atoms with Crippen molar-refractivity contribution in [3.63, 3.8) is 0 Å². The Balaban J connectivity index is 2.04. The van der Waals surface area contributed by atoms with Gasteiger partial charge in [-0.1, -0.05) is 18.2 Å². The molecule has 0 aliphatic rings. The van der Waals surface area contributed by atoms with Gasteiger partial charge in [-0.25, -0.2) is 9.97 Å². The average Bonchev–Trinajstić information content (AvgIpc) is 2.51. The fourth-order valence-electron chi connectivity index (χ4n) is 2.20. The van der Waals surface area contributed by atoms with Gasteiger partial charge in [0.25, 0.3) is 0 Å². The molecule has 3 rings (SSSR count). The van der Waals surface area contributed by atoms with Gasteiger partial charge in [0.05, 0.1) is 0 Å². The van der Waals surface area contributed by atoms with Gasteiger partial charge in [-0.3, -0.25) is 0 Å². The fourth-order valence-corrected chi connectivity index (χ4v) is 2.20. The molecule has 0 spiro atoms. The number of rotatable bonds is 2. The van der Waals surface area contributed by atoms with Gasteiger partial charge in [-0.15, -0.1) is 5.10 Å². The molecule has 0 N–H and O–H groups in total. The van der Waals surface area contributed by atoms with Crippen molar-refractivity contribution in [1.29, 1.82) is 0 Å². The fraction of sp³-hybridized carbons (Fsp3) is 0.176. The maximum absolute atomic E-state index is 4.56. The molecule has 0 saturated heterocycles. The van der Waals surface area contributed by atoms with Crippen LogP contribution < -0.4 is 0 Å². The first-order valence-corrected chi connectivity index (χ1v) is 6.84. The van der Waals surface area contributed by atoms with Crippen molar-refractivity contribution in [2.75, 3.05) is 0 Å². The summed E-state index contributed by atoms with van der Waals surface area (Å²) in [4.78, 5) is 8.98. The number of aromatic nitrogens is 4. The van der Waals surface area contributed by atoms with Gasteiger partial charge >= 0.3 is 0 Å². The van der Waals surface area contributed by atoms with Crippen molar-refractivity contribution >= 4 is 0 Å². The van der Waals surface area contributed by atoms with Crippen molar-refractivity contribution < 1.29 is 0 Å². The van der Waals surface area contributed by atoms with E-state index in [0.717, 1.165) is 16.8 Å². The third-order valence-electron chi connectivity index (χ3n) is 3.60. The summed E-state index contributed by atoms with van der Waals surface area (Å²) in [6, 6.07) is 10.1. The molecule has 0 radical (unpaired) electrons. The Kier molecular flexibility index (Phi) is 3.44. The highest BCUT2D eigenvalue weighted by Crippen LogP contribution is 2.25. The van der Waals surface area contributed by atoms with Crippen molar-refractivity contribution in [3.05, 3.63) is 59.5 Å². The van der Waals surface area contributed by atoms with Crippen molar-refractivity contribution in [3.8, 4) is 22.6 Å². The highest BCUT2D eigenvalue weighted by atomic mass is 15.1. The van der Waals surface area contributed by atoms with Crippen LogP contribution in [0.25, 0.3) is 22.6 Å². The van der Waals surface area contributed by atoms with Crippen LogP contribution in [0, 0.1) is 20.8 Å². The first-order chi connectivity index (χ1) is 10.1. The maximum atomic E-state index is 4.56. The number of hydrogen-bond donors (Lipinski definition) is 0. The minimum absolute atomic E-state index is 0.605. The predicted molar refractivity (Wildman–Crippen MR) is 82.7 cm³/mol. The van der Waals surface area contributed by atoms with E-state index in [1.54, 1.807) is 6.20 Å². The average molecular weight is 276 g/mol. The zero-order valence-corrected chi connectivity index (χ0v) is 12.3. The van der Waals surface area contributed by atoms with Crippen LogP contribution in [-0.4, -0.2) is 20.2 Å². The first kappa shape index (κ1) is 13.4. The second-order valence-corrected chi connectivity index (χ2v) is 5.10. The molecule has 0 aliphatic heterocycles. The van der Waals surface area contributed by atoms with E-state index >= 15 is 0 Å². The zero-order chi connectivity index (χ0) is 14.8. The molecule has 4 heteroatoms. The van der Waals surface area contributed by atoms with Gasteiger partial charge in [0, 0.05) is 23.7 Å². The summed E-state index contributed by atoms with van der Waals surface area (Å²) in [6.45, 7) is 6.22. The van der Waals surface area contributed by atoms with Crippen LogP contribution in [0.1, 0.15) is 16.8 Å². The van der Waals surface area contributed by atoms with E-state index in [-0.39, 0.29) is 0 Å². The van der Waals surface area contributed by atoms with Crippen LogP contribution >= 0.6 is 0 Å². The Morgan fingerprint density at radius 3 is 2.48 bits per heavy atom. The van der Waals surface area contributed by atoms with Crippen LogP contribution in [0.5, 0.6) is 0 Å². The lowest BCUT2D eigenvalue weighted by molar-refractivity contribution is 1.00. The van der Waals surface area contributed by atoms with Crippen LogP contribution in [0.4, 0.5) is 0 Å². The highest BCUT2D eigenvalue weighted by molar-refractivity contribution is 5.67. The molecule has 0 atom stereocenters. The molecule has 0 unspecified atom stereocenters. The summed E-state index contributed by atoms with van der Waals surface area (Å²) in [5.41, 5.74) is 6.37. The van der Waals surface area contributed by atoms with Gasteiger partial charge in [0.1, 0.15) is 5.69 Å². The van der Waals surface area contributed by atoms with Crippen molar-refractivity contribution in [2.24, 2.45) is 0 Å². The normalized spacial score (nSPS) is 10.6. The maximum Gasteiger partial charge on any atom is 0.180 e. The van der Waals surface area contributed by atoms with Crippen LogP contribution in [0.2, 0.25) is 0 Å². The van der Waals surface area contributed by atoms with Gasteiger partial charge in [-0.05, 0) is 49.6 Å². The Bertz CT molecular complexity index is 782. The molecule has 0 aliphatic carbocycles. The zero-order valence-electron chi connectivity index (χ0n) is 12.3. The minimum atomic E-state index is 0.605. The number of benzene rings is 1. The molecule has 3 aromatic rings. The quantitative estimate of drug-likeness (QED) is 0.718. The summed E-state index contributed by atoms with van der Waals surface area (Å²) in [5, 5.41) is 7.91. The Morgan fingerprint density at radius 1 is 0.952 bits per heavy atom. The molecule has 21 heavy (non-hydrogen) atoms. The number of nitrogens with zero attached hydrogens (tertiary/aromatic N) is 4. The molecular weight excluding hydrogens is 260 g/mol. The lowest BCUT2D eigenvalue weighted by Gasteiger charge is -2.09. The second-order valence-electron chi connectivity index (χ2n) is 5.10. The Morgan fingerprint density at radius 2 is 1.81 bits per heavy atom. The molecule has 4 nitrogen and oxygen atoms in total. The molecule has 0 bridgehead atoms. The number of hydrogen-bond acceptors (Lipinski definition) is 4. The third-order valence-corrected chi connectivity index (χ3v) is 3.60. The SMILES string of the molecule is Cc1ccc(-c2cnc(-c3cccnn3)nc2C)cc1C. The topological polar surface area (TPSA) is 51.6 Å². The first-order valence-electron chi connectivity index (χ1n) is 6.84. The largest absolute Gasteiger partial charge is 0.234 e. The molecule has 1 aromatic carbocycles. The Labute approximate surface area is 123 Å². The lowest BCUT2D eigenvalue weighted by Crippen LogP contribution is -1.97. The van der Waals surface area contributed by atoms with E-state index in [1.165, 1.54) is 11.1 Å². The van der Waals surface area contributed by atoms with Gasteiger partial charge in [0.15, 0.2) is 5.82 Å². The van der Waals surface area contributed by atoms with E-state index < -0.39 is 0 Å². The third kappa shape index (κ3) is 2.65. The molecular formula is C17H16N4. The summed E-state index contributed by atoms with van der Waals surface area (Å²) >= 11 is 0. The minimum Gasteiger partial charge on any atom is -0.234 e. The van der Waals surface area contributed by atoms with Crippen LogP contribution in [0.15, 0.2) is 42.7 Å². The van der Waals surface area contributed by atoms with Crippen LogP contribution in [0.3, 0.4) is 0 Å². The van der Waals surface area contributed by atoms with E-state index in [1.807, 2.05) is 25.3 Å². The number of aryl methyl sites for hydroxylation is 3. The monoisotopic (exact) mass is 276 g/mol. The molecule has 0 amide bonds. The van der Waals surface area contributed by atoms with Gasteiger partial charge in [0.2, 0.25) is 0 Å². The summed E-state index contributed by atoms with van der Waals surface area (Å²) < 4.78 is 0.